The van der Waals surface area contributed by atoms with E-state index in [9.17, 15) is 19.5 Å². The Morgan fingerprint density at radius 1 is 1.10 bits per heavy atom. The summed E-state index contributed by atoms with van der Waals surface area (Å²) in [7, 11) is 0. The standard InChI is InChI=1S/C37H54N4O7/c1-7-17-39(20-19-38-21-23-46-24-22-38)35(45)32-37-16-15-36(6,48-37)30(31(37)34(44)41(32)29(25-42)26(5)9-3)33(43)40(18-8-2)27-11-13-28(14-12-27)47-10-4/h7-8,11-14,26,29-32,42H,1-2,9-10,15-25H2,3-6H3/t26-,29-,30-,31-,32?,36+,37?/m0/s1. The summed E-state index contributed by atoms with van der Waals surface area (Å²) in [4.78, 5) is 51.9. The lowest BCUT2D eigenvalue weighted by Gasteiger charge is -2.41. The molecule has 264 valence electrons. The predicted octanol–water partition coefficient (Wildman–Crippen LogP) is 3.12. The Balaban J connectivity index is 1.54. The molecule has 7 atom stereocenters. The number of aliphatic hydroxyl groups excluding tert-OH is 1. The Labute approximate surface area is 285 Å². The third kappa shape index (κ3) is 6.42. The molecule has 11 nitrogen and oxygen atoms in total. The second kappa shape index (κ2) is 15.1. The Kier molecular flexibility index (Phi) is 11.3. The summed E-state index contributed by atoms with van der Waals surface area (Å²) in [5.41, 5.74) is -1.50. The number of hydrogen-bond donors (Lipinski definition) is 1. The molecule has 0 aliphatic carbocycles. The third-order valence-electron chi connectivity index (χ3n) is 11.0. The lowest BCUT2D eigenvalue weighted by Crippen LogP contribution is -2.60. The van der Waals surface area contributed by atoms with Crippen molar-refractivity contribution in [2.75, 3.05) is 70.6 Å². The van der Waals surface area contributed by atoms with Gasteiger partial charge in [0.05, 0.1) is 49.9 Å². The number of aliphatic hydroxyl groups is 1. The average Bonchev–Trinajstić information content (AvgIpc) is 3.67. The first-order chi connectivity index (χ1) is 23.1. The van der Waals surface area contributed by atoms with Crippen molar-refractivity contribution in [3.05, 3.63) is 49.6 Å². The van der Waals surface area contributed by atoms with Crippen LogP contribution < -0.4 is 9.64 Å². The molecule has 0 saturated carbocycles. The molecule has 0 radical (unpaired) electrons. The summed E-state index contributed by atoms with van der Waals surface area (Å²) in [6.45, 7) is 20.4. The highest BCUT2D eigenvalue weighted by Gasteiger charge is 2.79. The molecule has 48 heavy (non-hydrogen) atoms. The molecule has 0 aromatic heterocycles. The van der Waals surface area contributed by atoms with Crippen molar-refractivity contribution >= 4 is 23.4 Å². The largest absolute Gasteiger partial charge is 0.494 e. The lowest BCUT2D eigenvalue weighted by molar-refractivity contribution is -0.156. The van der Waals surface area contributed by atoms with Crippen LogP contribution in [0.2, 0.25) is 0 Å². The molecule has 2 unspecified atom stereocenters. The minimum Gasteiger partial charge on any atom is -0.494 e. The highest BCUT2D eigenvalue weighted by Crippen LogP contribution is 2.64. The molecule has 4 saturated heterocycles. The first-order valence-electron chi connectivity index (χ1n) is 17.6. The number of ether oxygens (including phenoxy) is 3. The zero-order chi connectivity index (χ0) is 34.6. The van der Waals surface area contributed by atoms with Crippen molar-refractivity contribution in [3.63, 3.8) is 0 Å². The number of amides is 3. The van der Waals surface area contributed by atoms with Gasteiger partial charge in [-0.25, -0.2) is 0 Å². The van der Waals surface area contributed by atoms with Crippen LogP contribution in [0, 0.1) is 17.8 Å². The summed E-state index contributed by atoms with van der Waals surface area (Å²) in [6, 6.07) is 5.72. The molecule has 1 aromatic carbocycles. The Bertz CT molecular complexity index is 1330. The van der Waals surface area contributed by atoms with Crippen molar-refractivity contribution in [1.82, 2.24) is 14.7 Å². The quantitative estimate of drug-likeness (QED) is 0.268. The van der Waals surface area contributed by atoms with Crippen LogP contribution in [0.5, 0.6) is 5.75 Å². The first kappa shape index (κ1) is 36.0. The molecule has 2 bridgehead atoms. The Morgan fingerprint density at radius 2 is 1.79 bits per heavy atom. The number of morpholine rings is 1. The minimum atomic E-state index is -1.21. The van der Waals surface area contributed by atoms with Crippen molar-refractivity contribution < 1.29 is 33.7 Å². The fourth-order valence-electron chi connectivity index (χ4n) is 8.41. The fraction of sp³-hybridized carbons (Fsp3) is 0.649. The summed E-state index contributed by atoms with van der Waals surface area (Å²) in [5.74, 6) is -1.87. The van der Waals surface area contributed by atoms with Gasteiger partial charge in [-0.2, -0.15) is 0 Å². The van der Waals surface area contributed by atoms with E-state index in [0.29, 0.717) is 70.2 Å². The van der Waals surface area contributed by atoms with E-state index in [-0.39, 0.29) is 36.8 Å². The molecule has 4 aliphatic rings. The molecule has 4 fully saturated rings. The van der Waals surface area contributed by atoms with Gasteiger partial charge in [0.25, 0.3) is 0 Å². The second-order valence-corrected chi connectivity index (χ2v) is 13.8. The van der Waals surface area contributed by atoms with Gasteiger partial charge in [-0.1, -0.05) is 32.4 Å². The van der Waals surface area contributed by atoms with Crippen molar-refractivity contribution in [3.8, 4) is 5.75 Å². The molecular formula is C37H54N4O7. The van der Waals surface area contributed by atoms with Gasteiger partial charge >= 0.3 is 0 Å². The van der Waals surface area contributed by atoms with Gasteiger partial charge in [0, 0.05) is 45.0 Å². The van der Waals surface area contributed by atoms with Crippen molar-refractivity contribution in [2.45, 2.75) is 70.2 Å². The van der Waals surface area contributed by atoms with Crippen molar-refractivity contribution in [2.24, 2.45) is 17.8 Å². The van der Waals surface area contributed by atoms with E-state index >= 15 is 0 Å². The van der Waals surface area contributed by atoms with Gasteiger partial charge < -0.3 is 34.0 Å². The van der Waals surface area contributed by atoms with Gasteiger partial charge in [-0.3, -0.25) is 19.3 Å². The SMILES string of the molecule is C=CCN(CCN1CCOCC1)C(=O)C1N([C@@H](CO)[C@@H](C)CC)C(=O)[C@@H]2[C@@H](C(=O)N(CC=C)c3ccc(OCC)cc3)[C@@]3(C)CCC12O3. The highest BCUT2D eigenvalue weighted by molar-refractivity contribution is 6.03. The number of rotatable bonds is 16. The summed E-state index contributed by atoms with van der Waals surface area (Å²) < 4.78 is 18.1. The number of anilines is 1. The monoisotopic (exact) mass is 666 g/mol. The molecule has 1 spiro atoms. The number of likely N-dealkylation sites (tertiary alicyclic amines) is 1. The average molecular weight is 667 g/mol. The number of carbonyl (C=O) groups is 3. The molecule has 1 N–H and O–H groups in total. The van der Waals surface area contributed by atoms with Crippen LogP contribution in [0.15, 0.2) is 49.6 Å². The highest BCUT2D eigenvalue weighted by atomic mass is 16.5. The third-order valence-corrected chi connectivity index (χ3v) is 11.0. The van der Waals surface area contributed by atoms with Crippen LogP contribution in [0.25, 0.3) is 0 Å². The molecule has 1 aromatic rings. The zero-order valence-electron chi connectivity index (χ0n) is 29.1. The topological polar surface area (TPSA) is 112 Å². The van der Waals surface area contributed by atoms with E-state index < -0.39 is 35.1 Å². The molecule has 11 heteroatoms. The van der Waals surface area contributed by atoms with E-state index in [1.165, 1.54) is 0 Å². The molecular weight excluding hydrogens is 612 g/mol. The second-order valence-electron chi connectivity index (χ2n) is 13.8. The number of fused-ring (bicyclic) bond motifs is 1. The Morgan fingerprint density at radius 3 is 2.40 bits per heavy atom. The van der Waals surface area contributed by atoms with Crippen LogP contribution in [0.4, 0.5) is 5.69 Å². The fourth-order valence-corrected chi connectivity index (χ4v) is 8.41. The van der Waals surface area contributed by atoms with Crippen LogP contribution in [0.1, 0.15) is 47.0 Å². The van der Waals surface area contributed by atoms with E-state index in [1.807, 2.05) is 52.0 Å². The van der Waals surface area contributed by atoms with Crippen molar-refractivity contribution in [1.29, 1.82) is 0 Å². The summed E-state index contributed by atoms with van der Waals surface area (Å²) in [6.07, 6.45) is 5.06. The van der Waals surface area contributed by atoms with Gasteiger partial charge in [-0.05, 0) is 56.9 Å². The number of nitrogens with zero attached hydrogens (tertiary/aromatic N) is 4. The van der Waals surface area contributed by atoms with Gasteiger partial charge in [0.2, 0.25) is 17.7 Å². The van der Waals surface area contributed by atoms with E-state index in [1.54, 1.807) is 26.9 Å². The maximum atomic E-state index is 14.9. The smallest absolute Gasteiger partial charge is 0.248 e. The first-order valence-corrected chi connectivity index (χ1v) is 17.6. The normalized spacial score (nSPS) is 29.3. The number of hydrogen-bond acceptors (Lipinski definition) is 8. The van der Waals surface area contributed by atoms with Gasteiger partial charge in [0.15, 0.2) is 0 Å². The lowest BCUT2D eigenvalue weighted by atomic mass is 9.66. The predicted molar refractivity (Wildman–Crippen MR) is 184 cm³/mol. The zero-order valence-corrected chi connectivity index (χ0v) is 29.1. The van der Waals surface area contributed by atoms with Gasteiger partial charge in [-0.15, -0.1) is 13.2 Å². The summed E-state index contributed by atoms with van der Waals surface area (Å²) >= 11 is 0. The maximum absolute atomic E-state index is 14.9. The van der Waals surface area contributed by atoms with Gasteiger partial charge in [0.1, 0.15) is 17.4 Å². The van der Waals surface area contributed by atoms with E-state index in [2.05, 4.69) is 18.1 Å². The minimum absolute atomic E-state index is 0.0891. The number of benzene rings is 1. The molecule has 3 amide bonds. The van der Waals surface area contributed by atoms with Crippen LogP contribution in [0.3, 0.4) is 0 Å². The van der Waals surface area contributed by atoms with E-state index in [4.69, 9.17) is 14.2 Å². The van der Waals surface area contributed by atoms with Crippen LogP contribution >= 0.6 is 0 Å². The van der Waals surface area contributed by atoms with Crippen LogP contribution in [-0.2, 0) is 23.9 Å². The maximum Gasteiger partial charge on any atom is 0.248 e. The van der Waals surface area contributed by atoms with Crippen LogP contribution in [-0.4, -0.2) is 127 Å². The number of carbonyl (C=O) groups excluding carboxylic acids is 3. The summed E-state index contributed by atoms with van der Waals surface area (Å²) in [5, 5.41) is 10.8. The molecule has 4 aliphatic heterocycles. The molecule has 4 heterocycles. The molecule has 5 rings (SSSR count). The van der Waals surface area contributed by atoms with E-state index in [0.717, 1.165) is 13.1 Å². The Hall–Kier alpha value is -3.25.